The van der Waals surface area contributed by atoms with E-state index in [1.165, 1.54) is 17.1 Å². The molecule has 0 radical (unpaired) electrons. The Morgan fingerprint density at radius 2 is 1.71 bits per heavy atom. The minimum absolute atomic E-state index is 0.417. The molecular weight excluding hydrogens is 415 g/mol. The van der Waals surface area contributed by atoms with E-state index in [9.17, 15) is 27.6 Å². The third kappa shape index (κ3) is 4.96. The van der Waals surface area contributed by atoms with Gasteiger partial charge >= 0.3 is 12.3 Å². The predicted octanol–water partition coefficient (Wildman–Crippen LogP) is 3.16. The van der Waals surface area contributed by atoms with Gasteiger partial charge in [-0.2, -0.15) is 13.2 Å². The molecule has 164 valence electrons. The number of carbonyl (C=O) groups excluding carboxylic acids is 3. The van der Waals surface area contributed by atoms with Gasteiger partial charge in [-0.3, -0.25) is 9.59 Å². The van der Waals surface area contributed by atoms with E-state index < -0.39 is 42.8 Å². The van der Waals surface area contributed by atoms with Crippen molar-refractivity contribution in [3.63, 3.8) is 0 Å². The Hall–Kier alpha value is -3.56. The fourth-order valence-corrected chi connectivity index (χ4v) is 3.26. The molecule has 10 heteroatoms. The first-order valence-electron chi connectivity index (χ1n) is 9.36. The standard InChI is InChI=1S/C21H20F3N3O4/c1-12(31-20(30)25-11-21(22,23)24)18(28)26-17-15-9-4-3-7-13(15)14-8-5-6-10-16(14)27(2)19(17)29/h3-10,12,17H,11H2,1-2H3,(H,25,30)(H,26,28)/t12-,17?/m0/s1. The number of nitrogens with zero attached hydrogens (tertiary/aromatic N) is 1. The summed E-state index contributed by atoms with van der Waals surface area (Å²) in [6.07, 6.45) is -7.43. The van der Waals surface area contributed by atoms with E-state index in [1.807, 2.05) is 18.2 Å². The summed E-state index contributed by atoms with van der Waals surface area (Å²) in [6.45, 7) is -0.383. The molecule has 3 amide bonds. The second kappa shape index (κ2) is 8.66. The number of fused-ring (bicyclic) bond motifs is 3. The van der Waals surface area contributed by atoms with E-state index in [0.29, 0.717) is 11.3 Å². The number of hydrogen-bond acceptors (Lipinski definition) is 4. The van der Waals surface area contributed by atoms with Crippen LogP contribution in [0.5, 0.6) is 0 Å². The van der Waals surface area contributed by atoms with Crippen LogP contribution in [0.3, 0.4) is 0 Å². The molecule has 1 aliphatic rings. The molecule has 0 bridgehead atoms. The summed E-state index contributed by atoms with van der Waals surface area (Å²) >= 11 is 0. The van der Waals surface area contributed by atoms with Crippen molar-refractivity contribution >= 4 is 23.6 Å². The highest BCUT2D eigenvalue weighted by Gasteiger charge is 2.35. The zero-order valence-electron chi connectivity index (χ0n) is 16.7. The number of hydrogen-bond donors (Lipinski definition) is 2. The van der Waals surface area contributed by atoms with Gasteiger partial charge in [-0.1, -0.05) is 42.5 Å². The molecule has 7 nitrogen and oxygen atoms in total. The Morgan fingerprint density at radius 1 is 1.10 bits per heavy atom. The van der Waals surface area contributed by atoms with Crippen LogP contribution in [0.4, 0.5) is 23.7 Å². The number of para-hydroxylation sites is 1. The Bertz CT molecular complexity index is 1010. The van der Waals surface area contributed by atoms with Crippen molar-refractivity contribution in [2.24, 2.45) is 0 Å². The van der Waals surface area contributed by atoms with E-state index in [4.69, 9.17) is 4.74 Å². The number of amides is 3. The first-order valence-corrected chi connectivity index (χ1v) is 9.36. The van der Waals surface area contributed by atoms with E-state index in [-0.39, 0.29) is 0 Å². The van der Waals surface area contributed by atoms with Gasteiger partial charge in [0.15, 0.2) is 6.10 Å². The van der Waals surface area contributed by atoms with Crippen LogP contribution in [-0.2, 0) is 14.3 Å². The maximum Gasteiger partial charge on any atom is 0.408 e. The fourth-order valence-electron chi connectivity index (χ4n) is 3.26. The quantitative estimate of drug-likeness (QED) is 0.773. The number of ether oxygens (including phenoxy) is 1. The summed E-state index contributed by atoms with van der Waals surface area (Å²) in [5.41, 5.74) is 2.76. The molecule has 2 atom stereocenters. The zero-order chi connectivity index (χ0) is 22.8. The van der Waals surface area contributed by atoms with Gasteiger partial charge in [0.1, 0.15) is 12.6 Å². The largest absolute Gasteiger partial charge is 0.436 e. The summed E-state index contributed by atoms with van der Waals surface area (Å²) in [6, 6.07) is 13.3. The molecule has 0 aliphatic carbocycles. The molecule has 0 fully saturated rings. The van der Waals surface area contributed by atoms with Crippen LogP contribution in [0.15, 0.2) is 48.5 Å². The van der Waals surface area contributed by atoms with Crippen molar-refractivity contribution in [3.05, 3.63) is 54.1 Å². The maximum absolute atomic E-state index is 13.1. The average molecular weight is 435 g/mol. The minimum atomic E-state index is -4.61. The van der Waals surface area contributed by atoms with Crippen molar-refractivity contribution in [2.45, 2.75) is 25.2 Å². The number of likely N-dealkylation sites (N-methyl/N-ethyl adjacent to an activating group) is 1. The number of benzene rings is 2. The second-order valence-electron chi connectivity index (χ2n) is 6.96. The molecule has 3 rings (SSSR count). The van der Waals surface area contributed by atoms with Crippen molar-refractivity contribution in [1.29, 1.82) is 0 Å². The van der Waals surface area contributed by atoms with Gasteiger partial charge in [-0.05, 0) is 24.1 Å². The molecule has 2 aromatic rings. The Kier molecular flexibility index (Phi) is 6.19. The number of carbonyl (C=O) groups is 3. The van der Waals surface area contributed by atoms with Gasteiger partial charge in [-0.15, -0.1) is 0 Å². The second-order valence-corrected chi connectivity index (χ2v) is 6.96. The van der Waals surface area contributed by atoms with Crippen LogP contribution in [0, 0.1) is 0 Å². The molecule has 31 heavy (non-hydrogen) atoms. The summed E-state index contributed by atoms with van der Waals surface area (Å²) < 4.78 is 41.3. The van der Waals surface area contributed by atoms with Gasteiger partial charge in [0.25, 0.3) is 11.8 Å². The highest BCUT2D eigenvalue weighted by atomic mass is 19.4. The number of rotatable bonds is 4. The van der Waals surface area contributed by atoms with Crippen LogP contribution < -0.4 is 15.5 Å². The Balaban J connectivity index is 1.80. The highest BCUT2D eigenvalue weighted by molar-refractivity contribution is 6.06. The van der Waals surface area contributed by atoms with Crippen LogP contribution in [0.25, 0.3) is 11.1 Å². The van der Waals surface area contributed by atoms with Gasteiger partial charge < -0.3 is 20.3 Å². The molecule has 0 saturated carbocycles. The van der Waals surface area contributed by atoms with E-state index in [0.717, 1.165) is 11.1 Å². The van der Waals surface area contributed by atoms with E-state index in [1.54, 1.807) is 37.4 Å². The number of nitrogens with one attached hydrogen (secondary N) is 2. The van der Waals surface area contributed by atoms with Gasteiger partial charge in [0.2, 0.25) is 0 Å². The lowest BCUT2D eigenvalue weighted by atomic mass is 9.95. The lowest BCUT2D eigenvalue weighted by Crippen LogP contribution is -2.46. The zero-order valence-corrected chi connectivity index (χ0v) is 16.7. The number of halogens is 3. The smallest absolute Gasteiger partial charge is 0.408 e. The maximum atomic E-state index is 13.1. The van der Waals surface area contributed by atoms with E-state index >= 15 is 0 Å². The Labute approximate surface area is 176 Å². The Morgan fingerprint density at radius 3 is 2.39 bits per heavy atom. The van der Waals surface area contributed by atoms with Crippen LogP contribution in [-0.4, -0.2) is 43.8 Å². The average Bonchev–Trinajstić information content (AvgIpc) is 2.82. The summed E-state index contributed by atoms with van der Waals surface area (Å²) in [4.78, 5) is 38.7. The SMILES string of the molecule is C[C@H](OC(=O)NCC(F)(F)F)C(=O)NC1C(=O)N(C)c2ccccc2-c2ccccc21. The topological polar surface area (TPSA) is 87.7 Å². The van der Waals surface area contributed by atoms with Crippen molar-refractivity contribution in [2.75, 3.05) is 18.5 Å². The minimum Gasteiger partial charge on any atom is -0.436 e. The lowest BCUT2D eigenvalue weighted by molar-refractivity contribution is -0.133. The van der Waals surface area contributed by atoms with E-state index in [2.05, 4.69) is 5.32 Å². The molecule has 2 aromatic carbocycles. The molecule has 0 spiro atoms. The van der Waals surface area contributed by atoms with Gasteiger partial charge in [0, 0.05) is 12.6 Å². The molecule has 1 unspecified atom stereocenters. The molecule has 2 N–H and O–H groups in total. The summed E-state index contributed by atoms with van der Waals surface area (Å²) in [5.74, 6) is -1.24. The van der Waals surface area contributed by atoms with Gasteiger partial charge in [-0.25, -0.2) is 4.79 Å². The normalized spacial score (nSPS) is 16.5. The first-order chi connectivity index (χ1) is 14.6. The molecule has 1 heterocycles. The third-order valence-electron chi connectivity index (χ3n) is 4.78. The molecular formula is C21H20F3N3O4. The summed E-state index contributed by atoms with van der Waals surface area (Å²) in [7, 11) is 1.58. The lowest BCUT2D eigenvalue weighted by Gasteiger charge is -2.24. The molecule has 0 aromatic heterocycles. The monoisotopic (exact) mass is 435 g/mol. The van der Waals surface area contributed by atoms with Crippen LogP contribution in [0.1, 0.15) is 18.5 Å². The van der Waals surface area contributed by atoms with Crippen molar-refractivity contribution < 1.29 is 32.3 Å². The van der Waals surface area contributed by atoms with Crippen molar-refractivity contribution in [1.82, 2.24) is 10.6 Å². The number of alkyl halides is 3. The molecule has 0 saturated heterocycles. The summed E-state index contributed by atoms with van der Waals surface area (Å²) in [5, 5.41) is 4.07. The predicted molar refractivity (Wildman–Crippen MR) is 106 cm³/mol. The first kappa shape index (κ1) is 22.1. The van der Waals surface area contributed by atoms with Crippen LogP contribution >= 0.6 is 0 Å². The molecule has 1 aliphatic heterocycles. The van der Waals surface area contributed by atoms with Crippen LogP contribution in [0.2, 0.25) is 0 Å². The third-order valence-corrected chi connectivity index (χ3v) is 4.78. The van der Waals surface area contributed by atoms with Crippen molar-refractivity contribution in [3.8, 4) is 11.1 Å². The fraction of sp³-hybridized carbons (Fsp3) is 0.286. The number of anilines is 1. The van der Waals surface area contributed by atoms with Gasteiger partial charge in [0.05, 0.1) is 5.69 Å². The number of alkyl carbamates (subject to hydrolysis) is 1. The highest BCUT2D eigenvalue weighted by Crippen LogP contribution is 2.39.